The van der Waals surface area contributed by atoms with Gasteiger partial charge in [-0.1, -0.05) is 41.9 Å². The van der Waals surface area contributed by atoms with Crippen molar-refractivity contribution < 1.29 is 29.3 Å². The molecule has 290 valence electrons. The van der Waals surface area contributed by atoms with Crippen molar-refractivity contribution in [2.24, 2.45) is 10.9 Å². The smallest absolute Gasteiger partial charge is 0.307 e. The van der Waals surface area contributed by atoms with Crippen LogP contribution in [0.4, 0.5) is 5.69 Å². The van der Waals surface area contributed by atoms with Gasteiger partial charge in [0.1, 0.15) is 34.5 Å². The maximum Gasteiger partial charge on any atom is 0.307 e. The van der Waals surface area contributed by atoms with Crippen molar-refractivity contribution in [3.63, 3.8) is 0 Å². The Morgan fingerprint density at radius 2 is 1.81 bits per heavy atom. The first-order chi connectivity index (χ1) is 27.3. The number of halogens is 1. The molecule has 5 aromatic rings. The molecule has 3 unspecified atom stereocenters. The number of aliphatic imine (C=N–C) groups is 1. The van der Waals surface area contributed by atoms with Crippen LogP contribution in [0.3, 0.4) is 0 Å². The molecule has 0 bridgehead atoms. The number of phenols is 1. The van der Waals surface area contributed by atoms with Gasteiger partial charge in [-0.25, -0.2) is 0 Å². The van der Waals surface area contributed by atoms with Crippen molar-refractivity contribution in [3.8, 4) is 16.5 Å². The maximum absolute atomic E-state index is 13.5. The predicted octanol–water partition coefficient (Wildman–Crippen LogP) is 6.58. The van der Waals surface area contributed by atoms with Gasteiger partial charge in [0.2, 0.25) is 5.91 Å². The molecule has 2 aromatic heterocycles. The van der Waals surface area contributed by atoms with E-state index in [-0.39, 0.29) is 47.7 Å². The van der Waals surface area contributed by atoms with Crippen LogP contribution in [-0.4, -0.2) is 59.6 Å². The number of anilines is 1. The average molecular weight is 822 g/mol. The Balaban J connectivity index is 1.02. The van der Waals surface area contributed by atoms with Crippen molar-refractivity contribution >= 4 is 69.3 Å². The summed E-state index contributed by atoms with van der Waals surface area (Å²) in [6.07, 6.45) is 2.68. The second-order valence-electron chi connectivity index (χ2n) is 14.2. The maximum atomic E-state index is 13.5. The van der Waals surface area contributed by atoms with Gasteiger partial charge in [0, 0.05) is 56.6 Å². The van der Waals surface area contributed by atoms with E-state index in [1.165, 1.54) is 6.07 Å². The van der Waals surface area contributed by atoms with E-state index in [0.717, 1.165) is 43.4 Å². The van der Waals surface area contributed by atoms with Gasteiger partial charge in [-0.3, -0.25) is 34.8 Å². The Hall–Kier alpha value is -5.90. The number of aromatic nitrogens is 3. The van der Waals surface area contributed by atoms with Crippen molar-refractivity contribution in [3.05, 3.63) is 128 Å². The predicted molar refractivity (Wildman–Crippen MR) is 220 cm³/mol. The summed E-state index contributed by atoms with van der Waals surface area (Å²) in [6, 6.07) is 16.9. The van der Waals surface area contributed by atoms with Gasteiger partial charge in [0.25, 0.3) is 0 Å². The van der Waals surface area contributed by atoms with Gasteiger partial charge in [-0.15, -0.1) is 21.5 Å². The molecule has 3 aromatic carbocycles. The van der Waals surface area contributed by atoms with E-state index in [2.05, 4.69) is 40.2 Å². The third kappa shape index (κ3) is 7.41. The van der Waals surface area contributed by atoms with Crippen molar-refractivity contribution in [2.45, 2.75) is 58.1 Å². The summed E-state index contributed by atoms with van der Waals surface area (Å²) in [5, 5.41) is 33.6. The highest BCUT2D eigenvalue weighted by atomic mass is 35.5. The number of aliphatic carboxylic acids is 1. The lowest BCUT2D eigenvalue weighted by Gasteiger charge is -2.40. The molecule has 1 aliphatic carbocycles. The molecule has 0 spiro atoms. The van der Waals surface area contributed by atoms with Crippen molar-refractivity contribution in [1.29, 1.82) is 0 Å². The summed E-state index contributed by atoms with van der Waals surface area (Å²) >= 11 is 13.4. The van der Waals surface area contributed by atoms with Gasteiger partial charge in [0.15, 0.2) is 16.7 Å². The summed E-state index contributed by atoms with van der Waals surface area (Å²) in [4.78, 5) is 44.3. The first kappa shape index (κ1) is 38.0. The number of amides is 1. The van der Waals surface area contributed by atoms with E-state index in [9.17, 15) is 24.6 Å². The zero-order valence-corrected chi connectivity index (χ0v) is 33.3. The minimum Gasteiger partial charge on any atom is -0.508 e. The zero-order chi connectivity index (χ0) is 40.1. The van der Waals surface area contributed by atoms with Gasteiger partial charge in [-0.2, -0.15) is 0 Å². The first-order valence-corrected chi connectivity index (χ1v) is 19.7. The van der Waals surface area contributed by atoms with E-state index < -0.39 is 24.0 Å². The number of thiocarbonyl (C=S) groups is 1. The lowest BCUT2D eigenvalue weighted by atomic mass is 9.71. The molecule has 4 atom stereocenters. The standard InChI is InChI=1S/C41H36ClN7O6S2/c1-19-20(2)57-40-36(19)38(22-4-6-24(42)7-5-22)44-31(39-47-45-21(3)49(39)40)18-34(52)46-48-41(56)43-25-8-11-28(23(14-25)15-35(53)54)37-29-12-9-26(50)16-32(29)55-33-17-27(51)10-13-30(33)37/h4-14,16,30-31,33,37,50H,15,17-18H2,1-3H3,(H,46,52)(H,53,54)(H2,43,48,56)/t30?,31-,33?,37?/m1/s1. The highest BCUT2D eigenvalue weighted by molar-refractivity contribution is 7.80. The Bertz CT molecular complexity index is 2550. The number of carbonyl (C=O) groups is 3. The molecule has 0 saturated heterocycles. The van der Waals surface area contributed by atoms with Crippen molar-refractivity contribution in [1.82, 2.24) is 25.6 Å². The molecule has 16 heteroatoms. The zero-order valence-electron chi connectivity index (χ0n) is 30.9. The topological polar surface area (TPSA) is 180 Å². The number of thiophene rings is 1. The lowest BCUT2D eigenvalue weighted by Crippen LogP contribution is -2.44. The third-order valence-corrected chi connectivity index (χ3v) is 12.1. The molecular weight excluding hydrogens is 786 g/mol. The number of aryl methyl sites for hydroxylation is 2. The molecule has 0 saturated carbocycles. The molecule has 13 nitrogen and oxygen atoms in total. The fourth-order valence-electron chi connectivity index (χ4n) is 7.77. The molecular formula is C41H36ClN7O6S2. The van der Waals surface area contributed by atoms with Gasteiger partial charge in [-0.05, 0) is 86.1 Å². The van der Waals surface area contributed by atoms with Crippen LogP contribution in [0, 0.1) is 26.7 Å². The fourth-order valence-corrected chi connectivity index (χ4v) is 9.28. The Morgan fingerprint density at radius 3 is 2.58 bits per heavy atom. The van der Waals surface area contributed by atoms with Gasteiger partial charge < -0.3 is 20.3 Å². The van der Waals surface area contributed by atoms with Crippen LogP contribution in [-0.2, 0) is 20.8 Å². The largest absolute Gasteiger partial charge is 0.508 e. The number of carbonyl (C=O) groups excluding carboxylic acids is 2. The SMILES string of the molecule is Cc1sc2c(c1C)C(c1ccc(Cl)cc1)=N[C@H](CC(=O)NNC(=S)Nc1ccc(C3c4ccc(O)cc4OC4CC(=O)C=CC43)c(CC(=O)O)c1)c1nnc(C)n1-2. The summed E-state index contributed by atoms with van der Waals surface area (Å²) in [5.74, 6) is -0.432. The number of nitrogens with one attached hydrogen (secondary N) is 3. The molecule has 57 heavy (non-hydrogen) atoms. The fraction of sp³-hybridized carbons (Fsp3) is 0.244. The van der Waals surface area contributed by atoms with E-state index >= 15 is 0 Å². The molecule has 3 aliphatic rings. The quantitative estimate of drug-likeness (QED) is 0.0885. The average Bonchev–Trinajstić information content (AvgIpc) is 3.64. The number of fused-ring (bicyclic) bond motifs is 5. The number of carboxylic acid groups (broad SMARTS) is 1. The number of hydrogen-bond acceptors (Lipinski definition) is 10. The normalized spacial score (nSPS) is 19.2. The van der Waals surface area contributed by atoms with Gasteiger partial charge in [0.05, 0.1) is 18.6 Å². The number of hydrazine groups is 1. The number of rotatable bonds is 7. The third-order valence-electron chi connectivity index (χ3n) is 10.5. The van der Waals surface area contributed by atoms with Crippen LogP contribution in [0.25, 0.3) is 5.00 Å². The molecule has 1 amide bonds. The summed E-state index contributed by atoms with van der Waals surface area (Å²) in [5.41, 5.74) is 11.6. The Labute approximate surface area is 341 Å². The minimum absolute atomic E-state index is 0.0204. The molecule has 0 fully saturated rings. The summed E-state index contributed by atoms with van der Waals surface area (Å²) in [6.45, 7) is 5.99. The number of ether oxygens (including phenoxy) is 1. The van der Waals surface area contributed by atoms with E-state index in [1.807, 2.05) is 47.9 Å². The summed E-state index contributed by atoms with van der Waals surface area (Å²) in [7, 11) is 0. The van der Waals surface area contributed by atoms with Crippen LogP contribution in [0.5, 0.6) is 11.5 Å². The number of nitrogens with zero attached hydrogens (tertiary/aromatic N) is 4. The number of allylic oxidation sites excluding steroid dienone is 1. The molecule has 4 heterocycles. The molecule has 5 N–H and O–H groups in total. The van der Waals surface area contributed by atoms with E-state index in [0.29, 0.717) is 33.7 Å². The molecule has 0 radical (unpaired) electrons. The number of ketones is 1. The minimum atomic E-state index is -1.03. The van der Waals surface area contributed by atoms with E-state index in [1.54, 1.807) is 41.7 Å². The number of benzene rings is 3. The van der Waals surface area contributed by atoms with Crippen LogP contribution < -0.4 is 20.9 Å². The molecule has 8 rings (SSSR count). The van der Waals surface area contributed by atoms with Crippen molar-refractivity contribution in [2.75, 3.05) is 5.32 Å². The summed E-state index contributed by atoms with van der Waals surface area (Å²) < 4.78 is 8.13. The first-order valence-electron chi connectivity index (χ1n) is 18.1. The second kappa shape index (κ2) is 15.2. The highest BCUT2D eigenvalue weighted by Crippen LogP contribution is 2.49. The lowest BCUT2D eigenvalue weighted by molar-refractivity contribution is -0.136. The second-order valence-corrected chi connectivity index (χ2v) is 16.2. The number of hydrogen-bond donors (Lipinski definition) is 5. The number of carboxylic acids is 1. The monoisotopic (exact) mass is 821 g/mol. The van der Waals surface area contributed by atoms with Crippen LogP contribution in [0.1, 0.15) is 74.7 Å². The van der Waals surface area contributed by atoms with Gasteiger partial charge >= 0.3 is 5.97 Å². The number of aromatic hydroxyl groups is 1. The molecule has 2 aliphatic heterocycles. The van der Waals surface area contributed by atoms with Crippen LogP contribution >= 0.6 is 35.2 Å². The van der Waals surface area contributed by atoms with Crippen LogP contribution in [0.2, 0.25) is 5.02 Å². The van der Waals surface area contributed by atoms with E-state index in [4.69, 9.17) is 33.5 Å². The van der Waals surface area contributed by atoms with Crippen LogP contribution in [0.15, 0.2) is 77.8 Å². The Morgan fingerprint density at radius 1 is 1.04 bits per heavy atom. The highest BCUT2D eigenvalue weighted by Gasteiger charge is 2.41. The number of phenolic OH excluding ortho intramolecular Hbond substituents is 1. The Kier molecular flexibility index (Phi) is 10.1.